The molecule has 2 aromatic carbocycles. The number of benzene rings is 2. The fourth-order valence-electron chi connectivity index (χ4n) is 2.14. The maximum atomic E-state index is 13.2. The number of amides is 1. The Morgan fingerprint density at radius 3 is 1.96 bits per heavy atom. The highest BCUT2D eigenvalue weighted by molar-refractivity contribution is 6.03. The lowest BCUT2D eigenvalue weighted by Crippen LogP contribution is -2.14. The van der Waals surface area contributed by atoms with Crippen LogP contribution >= 0.6 is 0 Å². The zero-order chi connectivity index (χ0) is 18.7. The number of hydrogen-bond acceptors (Lipinski definition) is 3. The Morgan fingerprint density at radius 1 is 0.731 bits per heavy atom. The monoisotopic (exact) mass is 361 g/mol. The molecule has 0 bridgehead atoms. The molecule has 0 atom stereocenters. The molecule has 0 spiro atoms. The largest absolute Gasteiger partial charge is 0.355 e. The van der Waals surface area contributed by atoms with Crippen LogP contribution in [0.3, 0.4) is 0 Å². The molecule has 132 valence electrons. The number of halogens is 4. The number of nitrogens with zero attached hydrogens (tertiary/aromatic N) is 1. The minimum atomic E-state index is -1.09. The van der Waals surface area contributed by atoms with Gasteiger partial charge >= 0.3 is 0 Å². The second-order valence-corrected chi connectivity index (χ2v) is 5.27. The first-order valence-electron chi connectivity index (χ1n) is 7.37. The molecule has 8 heteroatoms. The van der Waals surface area contributed by atoms with Crippen LogP contribution in [-0.4, -0.2) is 10.9 Å². The molecule has 0 aliphatic carbocycles. The number of carbonyl (C=O) groups excluding carboxylic acids is 1. The van der Waals surface area contributed by atoms with Crippen molar-refractivity contribution in [3.05, 3.63) is 83.7 Å². The van der Waals surface area contributed by atoms with Gasteiger partial charge < -0.3 is 10.6 Å². The Hall–Kier alpha value is -3.42. The Bertz CT molecular complexity index is 978. The third-order valence-corrected chi connectivity index (χ3v) is 3.38. The number of pyridine rings is 1. The van der Waals surface area contributed by atoms with Gasteiger partial charge in [0.2, 0.25) is 0 Å². The molecular formula is C18H11F4N3O. The Balaban J connectivity index is 1.76. The van der Waals surface area contributed by atoms with Crippen LogP contribution in [0.15, 0.2) is 54.7 Å². The first kappa shape index (κ1) is 17.4. The summed E-state index contributed by atoms with van der Waals surface area (Å²) in [6.07, 6.45) is 1.34. The molecule has 0 saturated heterocycles. The predicted octanol–water partition coefficient (Wildman–Crippen LogP) is 4.63. The maximum Gasteiger partial charge on any atom is 0.274 e. The van der Waals surface area contributed by atoms with Gasteiger partial charge in [-0.15, -0.1) is 0 Å². The highest BCUT2D eigenvalue weighted by Gasteiger charge is 2.11. The zero-order valence-electron chi connectivity index (χ0n) is 13.1. The van der Waals surface area contributed by atoms with Crippen molar-refractivity contribution in [1.29, 1.82) is 0 Å². The van der Waals surface area contributed by atoms with Gasteiger partial charge in [0.15, 0.2) is 23.3 Å². The summed E-state index contributed by atoms with van der Waals surface area (Å²) in [4.78, 5) is 16.1. The van der Waals surface area contributed by atoms with Crippen LogP contribution in [0.1, 0.15) is 10.5 Å². The van der Waals surface area contributed by atoms with E-state index in [1.165, 1.54) is 30.5 Å². The first-order chi connectivity index (χ1) is 12.4. The van der Waals surface area contributed by atoms with Crippen molar-refractivity contribution < 1.29 is 22.4 Å². The Labute approximate surface area is 145 Å². The van der Waals surface area contributed by atoms with Gasteiger partial charge in [-0.2, -0.15) is 0 Å². The molecule has 0 aliphatic rings. The van der Waals surface area contributed by atoms with Crippen molar-refractivity contribution >= 4 is 23.0 Å². The SMILES string of the molecule is O=C(Nc1ccc(F)c(F)c1)c1cc(Nc2ccc(F)c(F)c2)ccn1. The van der Waals surface area contributed by atoms with Gasteiger partial charge in [-0.3, -0.25) is 9.78 Å². The van der Waals surface area contributed by atoms with Crippen LogP contribution < -0.4 is 10.6 Å². The van der Waals surface area contributed by atoms with E-state index in [0.29, 0.717) is 5.69 Å². The molecule has 1 amide bonds. The number of carbonyl (C=O) groups is 1. The molecule has 4 nitrogen and oxygen atoms in total. The van der Waals surface area contributed by atoms with E-state index in [-0.39, 0.29) is 17.1 Å². The number of rotatable bonds is 4. The minimum absolute atomic E-state index is 0.0117. The zero-order valence-corrected chi connectivity index (χ0v) is 13.1. The first-order valence-corrected chi connectivity index (χ1v) is 7.37. The molecule has 3 aromatic rings. The van der Waals surface area contributed by atoms with Gasteiger partial charge in [-0.25, -0.2) is 17.6 Å². The fraction of sp³-hybridized carbons (Fsp3) is 0. The molecule has 0 saturated carbocycles. The van der Waals surface area contributed by atoms with Crippen molar-refractivity contribution in [2.24, 2.45) is 0 Å². The van der Waals surface area contributed by atoms with Crippen LogP contribution in [-0.2, 0) is 0 Å². The smallest absolute Gasteiger partial charge is 0.274 e. The van der Waals surface area contributed by atoms with Gasteiger partial charge in [0.05, 0.1) is 0 Å². The minimum Gasteiger partial charge on any atom is -0.355 e. The highest BCUT2D eigenvalue weighted by Crippen LogP contribution is 2.20. The lowest BCUT2D eigenvalue weighted by molar-refractivity contribution is 0.102. The van der Waals surface area contributed by atoms with Crippen molar-refractivity contribution in [2.75, 3.05) is 10.6 Å². The maximum absolute atomic E-state index is 13.2. The van der Waals surface area contributed by atoms with E-state index in [9.17, 15) is 22.4 Å². The van der Waals surface area contributed by atoms with Gasteiger partial charge in [-0.1, -0.05) is 0 Å². The number of hydrogen-bond donors (Lipinski definition) is 2. The van der Waals surface area contributed by atoms with Crippen molar-refractivity contribution in [3.63, 3.8) is 0 Å². The number of aromatic nitrogens is 1. The van der Waals surface area contributed by atoms with E-state index >= 15 is 0 Å². The van der Waals surface area contributed by atoms with Crippen LogP contribution in [0, 0.1) is 23.3 Å². The van der Waals surface area contributed by atoms with Crippen LogP contribution in [0.25, 0.3) is 0 Å². The van der Waals surface area contributed by atoms with E-state index in [1.807, 2.05) is 0 Å². The second-order valence-electron chi connectivity index (χ2n) is 5.27. The summed E-state index contributed by atoms with van der Waals surface area (Å²) in [6.45, 7) is 0. The van der Waals surface area contributed by atoms with E-state index in [1.54, 1.807) is 0 Å². The normalized spacial score (nSPS) is 10.5. The standard InChI is InChI=1S/C18H11F4N3O/c19-13-3-1-10(7-15(13)21)24-12-5-6-23-17(9-12)18(26)25-11-2-4-14(20)16(22)8-11/h1-9H,(H,23,24)(H,25,26). The molecule has 0 unspecified atom stereocenters. The van der Waals surface area contributed by atoms with Crippen molar-refractivity contribution in [1.82, 2.24) is 4.98 Å². The molecule has 0 aliphatic heterocycles. The summed E-state index contributed by atoms with van der Waals surface area (Å²) in [5.41, 5.74) is 0.737. The van der Waals surface area contributed by atoms with E-state index in [2.05, 4.69) is 15.6 Å². The van der Waals surface area contributed by atoms with Gasteiger partial charge in [-0.05, 0) is 36.4 Å². The van der Waals surface area contributed by atoms with Crippen molar-refractivity contribution in [3.8, 4) is 0 Å². The summed E-state index contributed by atoms with van der Waals surface area (Å²) in [5.74, 6) is -4.76. The van der Waals surface area contributed by atoms with E-state index in [0.717, 1.165) is 24.3 Å². The van der Waals surface area contributed by atoms with E-state index < -0.39 is 29.2 Å². The van der Waals surface area contributed by atoms with E-state index in [4.69, 9.17) is 0 Å². The highest BCUT2D eigenvalue weighted by atomic mass is 19.2. The van der Waals surface area contributed by atoms with Gasteiger partial charge in [0.1, 0.15) is 5.69 Å². The summed E-state index contributed by atoms with van der Waals surface area (Å²) in [5, 5.41) is 5.20. The molecule has 0 fully saturated rings. The lowest BCUT2D eigenvalue weighted by Gasteiger charge is -2.09. The molecule has 3 rings (SSSR count). The van der Waals surface area contributed by atoms with Crippen LogP contribution in [0.2, 0.25) is 0 Å². The lowest BCUT2D eigenvalue weighted by atomic mass is 10.2. The molecular weight excluding hydrogens is 350 g/mol. The molecule has 1 aromatic heterocycles. The Morgan fingerprint density at radius 2 is 1.31 bits per heavy atom. The fourth-order valence-corrected chi connectivity index (χ4v) is 2.14. The van der Waals surface area contributed by atoms with Crippen LogP contribution in [0.5, 0.6) is 0 Å². The topological polar surface area (TPSA) is 54.0 Å². The van der Waals surface area contributed by atoms with Crippen LogP contribution in [0.4, 0.5) is 34.6 Å². The summed E-state index contributed by atoms with van der Waals surface area (Å²) in [6, 6.07) is 9.11. The third-order valence-electron chi connectivity index (χ3n) is 3.38. The summed E-state index contributed by atoms with van der Waals surface area (Å²) in [7, 11) is 0. The van der Waals surface area contributed by atoms with Gasteiger partial charge in [0.25, 0.3) is 5.91 Å². The third kappa shape index (κ3) is 3.97. The summed E-state index contributed by atoms with van der Waals surface area (Å²) < 4.78 is 52.3. The van der Waals surface area contributed by atoms with Gasteiger partial charge in [0, 0.05) is 35.4 Å². The molecule has 0 radical (unpaired) electrons. The summed E-state index contributed by atoms with van der Waals surface area (Å²) >= 11 is 0. The quantitative estimate of drug-likeness (QED) is 0.666. The number of nitrogens with one attached hydrogen (secondary N) is 2. The average Bonchev–Trinajstić information content (AvgIpc) is 2.61. The van der Waals surface area contributed by atoms with Crippen molar-refractivity contribution in [2.45, 2.75) is 0 Å². The average molecular weight is 361 g/mol. The predicted molar refractivity (Wildman–Crippen MR) is 88.2 cm³/mol. The molecule has 26 heavy (non-hydrogen) atoms. The second kappa shape index (κ2) is 7.22. The number of anilines is 3. The Kier molecular flexibility index (Phi) is 4.83. The molecule has 1 heterocycles. The molecule has 2 N–H and O–H groups in total.